The van der Waals surface area contributed by atoms with Crippen molar-refractivity contribution in [3.8, 4) is 0 Å². The summed E-state index contributed by atoms with van der Waals surface area (Å²) in [7, 11) is 1.70. The fourth-order valence-corrected chi connectivity index (χ4v) is 2.04. The van der Waals surface area contributed by atoms with Gasteiger partial charge in [-0.2, -0.15) is 0 Å². The first-order valence-corrected chi connectivity index (χ1v) is 5.67. The largest absolute Gasteiger partial charge is 0.379 e. The van der Waals surface area contributed by atoms with Crippen molar-refractivity contribution in [2.24, 2.45) is 5.73 Å². The maximum atomic E-state index is 5.53. The van der Waals surface area contributed by atoms with E-state index in [9.17, 15) is 0 Å². The highest BCUT2D eigenvalue weighted by Gasteiger charge is 2.04. The van der Waals surface area contributed by atoms with Crippen LogP contribution >= 0.6 is 11.8 Å². The van der Waals surface area contributed by atoms with E-state index >= 15 is 0 Å². The zero-order valence-corrected chi connectivity index (χ0v) is 9.51. The maximum Gasteiger partial charge on any atom is 0.0787 e. The van der Waals surface area contributed by atoms with Gasteiger partial charge in [-0.3, -0.25) is 0 Å². The van der Waals surface area contributed by atoms with E-state index < -0.39 is 0 Å². The fraction of sp³-hybridized carbons (Fsp3) is 0.455. The van der Waals surface area contributed by atoms with Crippen LogP contribution in [0.3, 0.4) is 0 Å². The summed E-state index contributed by atoms with van der Waals surface area (Å²) in [5, 5.41) is 0. The van der Waals surface area contributed by atoms with Crippen LogP contribution in [0.15, 0.2) is 29.2 Å². The molecule has 0 radical (unpaired) electrons. The van der Waals surface area contributed by atoms with E-state index in [0.29, 0.717) is 6.54 Å². The number of hydrogen-bond donors (Lipinski definition) is 1. The lowest BCUT2D eigenvalue weighted by Crippen LogP contribution is -2.24. The summed E-state index contributed by atoms with van der Waals surface area (Å²) >= 11 is 1.78. The molecule has 2 nitrogen and oxygen atoms in total. The van der Waals surface area contributed by atoms with Crippen LogP contribution in [-0.2, 0) is 4.74 Å². The molecule has 1 unspecified atom stereocenters. The van der Waals surface area contributed by atoms with Gasteiger partial charge in [0, 0.05) is 24.3 Å². The summed E-state index contributed by atoms with van der Waals surface area (Å²) in [6.45, 7) is 2.67. The molecule has 0 aliphatic heterocycles. The lowest BCUT2D eigenvalue weighted by Gasteiger charge is -2.11. The molecule has 0 aliphatic carbocycles. The number of ether oxygens (including phenoxy) is 1. The number of hydrogen-bond acceptors (Lipinski definition) is 3. The summed E-state index contributed by atoms with van der Waals surface area (Å²) in [6, 6.07) is 8.49. The second-order valence-electron chi connectivity index (χ2n) is 3.22. The Bertz CT molecular complexity index is 256. The number of aryl methyl sites for hydroxylation is 1. The van der Waals surface area contributed by atoms with E-state index in [-0.39, 0.29) is 6.10 Å². The summed E-state index contributed by atoms with van der Waals surface area (Å²) in [4.78, 5) is 1.27. The van der Waals surface area contributed by atoms with Gasteiger partial charge >= 0.3 is 0 Å². The predicted octanol–water partition coefficient (Wildman–Crippen LogP) is 2.06. The average Bonchev–Trinajstić information content (AvgIpc) is 2.22. The summed E-state index contributed by atoms with van der Waals surface area (Å²) in [6.07, 6.45) is 0.154. The third kappa shape index (κ3) is 3.70. The summed E-state index contributed by atoms with van der Waals surface area (Å²) in [5.41, 5.74) is 6.82. The van der Waals surface area contributed by atoms with Crippen LogP contribution in [-0.4, -0.2) is 25.5 Å². The molecule has 1 atom stereocenters. The third-order valence-corrected chi connectivity index (χ3v) is 3.20. The molecule has 0 fully saturated rings. The zero-order chi connectivity index (χ0) is 10.4. The molecule has 0 amide bonds. The van der Waals surface area contributed by atoms with Gasteiger partial charge in [0.15, 0.2) is 0 Å². The Hall–Kier alpha value is -0.510. The summed E-state index contributed by atoms with van der Waals surface area (Å²) < 4.78 is 5.20. The molecule has 0 aromatic heterocycles. The van der Waals surface area contributed by atoms with Crippen LogP contribution < -0.4 is 5.73 Å². The molecule has 0 bridgehead atoms. The van der Waals surface area contributed by atoms with Gasteiger partial charge in [0.2, 0.25) is 0 Å². The average molecular weight is 211 g/mol. The van der Waals surface area contributed by atoms with Crippen LogP contribution in [0.1, 0.15) is 5.56 Å². The molecule has 2 N–H and O–H groups in total. The molecule has 0 aliphatic rings. The van der Waals surface area contributed by atoms with Gasteiger partial charge in [0.1, 0.15) is 0 Å². The highest BCUT2D eigenvalue weighted by Crippen LogP contribution is 2.19. The molecule has 0 saturated heterocycles. The second kappa shape index (κ2) is 6.06. The molecular formula is C11H17NOS. The van der Waals surface area contributed by atoms with Crippen molar-refractivity contribution >= 4 is 11.8 Å². The normalized spacial score (nSPS) is 12.8. The van der Waals surface area contributed by atoms with Crippen LogP contribution in [0, 0.1) is 6.92 Å². The van der Waals surface area contributed by atoms with Gasteiger partial charge in [0.05, 0.1) is 6.10 Å². The molecule has 1 aromatic rings. The van der Waals surface area contributed by atoms with Crippen LogP contribution in [0.2, 0.25) is 0 Å². The third-order valence-electron chi connectivity index (χ3n) is 2.05. The first kappa shape index (κ1) is 11.6. The van der Waals surface area contributed by atoms with Crippen LogP contribution in [0.25, 0.3) is 0 Å². The molecule has 3 heteroatoms. The van der Waals surface area contributed by atoms with Gasteiger partial charge in [-0.1, -0.05) is 17.7 Å². The van der Waals surface area contributed by atoms with E-state index in [2.05, 4.69) is 31.2 Å². The predicted molar refractivity (Wildman–Crippen MR) is 61.8 cm³/mol. The van der Waals surface area contributed by atoms with Gasteiger partial charge in [-0.25, -0.2) is 0 Å². The molecule has 14 heavy (non-hydrogen) atoms. The first-order valence-electron chi connectivity index (χ1n) is 4.68. The number of rotatable bonds is 5. The molecule has 1 aromatic carbocycles. The SMILES string of the molecule is COC(CN)CSc1ccc(C)cc1. The first-order chi connectivity index (χ1) is 6.76. The zero-order valence-electron chi connectivity index (χ0n) is 8.69. The van der Waals surface area contributed by atoms with Gasteiger partial charge in [-0.05, 0) is 19.1 Å². The Labute approximate surface area is 89.8 Å². The maximum absolute atomic E-state index is 5.53. The Morgan fingerprint density at radius 1 is 1.36 bits per heavy atom. The topological polar surface area (TPSA) is 35.2 Å². The van der Waals surface area contributed by atoms with Crippen molar-refractivity contribution in [1.82, 2.24) is 0 Å². The highest BCUT2D eigenvalue weighted by molar-refractivity contribution is 7.99. The smallest absolute Gasteiger partial charge is 0.0787 e. The Kier molecular flexibility index (Phi) is 5.01. The van der Waals surface area contributed by atoms with Gasteiger partial charge < -0.3 is 10.5 Å². The van der Waals surface area contributed by atoms with Crippen molar-refractivity contribution in [3.05, 3.63) is 29.8 Å². The van der Waals surface area contributed by atoms with Crippen molar-refractivity contribution < 1.29 is 4.74 Å². The molecule has 1 rings (SSSR count). The van der Waals surface area contributed by atoms with Gasteiger partial charge in [-0.15, -0.1) is 11.8 Å². The fourth-order valence-electron chi connectivity index (χ4n) is 1.06. The lowest BCUT2D eigenvalue weighted by molar-refractivity contribution is 0.129. The van der Waals surface area contributed by atoms with Crippen LogP contribution in [0.5, 0.6) is 0 Å². The van der Waals surface area contributed by atoms with E-state index in [0.717, 1.165) is 5.75 Å². The molecule has 0 spiro atoms. The minimum absolute atomic E-state index is 0.154. The van der Waals surface area contributed by atoms with Crippen molar-refractivity contribution in [2.75, 3.05) is 19.4 Å². The molecule has 78 valence electrons. The highest BCUT2D eigenvalue weighted by atomic mass is 32.2. The van der Waals surface area contributed by atoms with E-state index in [1.54, 1.807) is 18.9 Å². The lowest BCUT2D eigenvalue weighted by atomic mass is 10.2. The Balaban J connectivity index is 2.41. The van der Waals surface area contributed by atoms with E-state index in [1.165, 1.54) is 10.5 Å². The van der Waals surface area contributed by atoms with Gasteiger partial charge in [0.25, 0.3) is 0 Å². The van der Waals surface area contributed by atoms with E-state index in [4.69, 9.17) is 10.5 Å². The quantitative estimate of drug-likeness (QED) is 0.757. The molecular weight excluding hydrogens is 194 g/mol. The number of nitrogens with two attached hydrogens (primary N) is 1. The second-order valence-corrected chi connectivity index (χ2v) is 4.31. The van der Waals surface area contributed by atoms with Crippen molar-refractivity contribution in [1.29, 1.82) is 0 Å². The number of benzene rings is 1. The Morgan fingerprint density at radius 3 is 2.50 bits per heavy atom. The van der Waals surface area contributed by atoms with Crippen molar-refractivity contribution in [2.45, 2.75) is 17.9 Å². The number of thioether (sulfide) groups is 1. The number of methoxy groups -OCH3 is 1. The molecule has 0 heterocycles. The minimum atomic E-state index is 0.154. The van der Waals surface area contributed by atoms with E-state index in [1.807, 2.05) is 0 Å². The Morgan fingerprint density at radius 2 is 2.00 bits per heavy atom. The monoisotopic (exact) mass is 211 g/mol. The minimum Gasteiger partial charge on any atom is -0.379 e. The van der Waals surface area contributed by atoms with Crippen LogP contribution in [0.4, 0.5) is 0 Å². The molecule has 0 saturated carbocycles. The standard InChI is InChI=1S/C11H17NOS/c1-9-3-5-11(6-4-9)14-8-10(7-12)13-2/h3-6,10H,7-8,12H2,1-2H3. The van der Waals surface area contributed by atoms with Crippen molar-refractivity contribution in [3.63, 3.8) is 0 Å². The summed E-state index contributed by atoms with van der Waals surface area (Å²) in [5.74, 6) is 0.913.